The molecular formula is C6H6NO. The molecule has 0 heterocycles. The average Bonchev–Trinajstić information content (AvgIpc) is 1.90. The lowest BCUT2D eigenvalue weighted by Gasteiger charge is -1.91. The van der Waals surface area contributed by atoms with E-state index in [1.54, 1.807) is 12.1 Å². The second-order valence-electron chi connectivity index (χ2n) is 1.39. The zero-order chi connectivity index (χ0) is 5.82. The van der Waals surface area contributed by atoms with E-state index in [0.29, 0.717) is 5.69 Å². The van der Waals surface area contributed by atoms with Gasteiger partial charge < -0.3 is 0 Å². The number of hydrogen-bond acceptors (Lipinski definition) is 2. The zero-order valence-corrected chi connectivity index (χ0v) is 4.26. The van der Waals surface area contributed by atoms with Crippen molar-refractivity contribution in [3.63, 3.8) is 0 Å². The molecule has 0 aliphatic rings. The van der Waals surface area contributed by atoms with Crippen LogP contribution in [0.1, 0.15) is 0 Å². The van der Waals surface area contributed by atoms with Crippen LogP contribution in [-0.4, -0.2) is 5.21 Å². The van der Waals surface area contributed by atoms with Gasteiger partial charge in [0, 0.05) is 6.07 Å². The van der Waals surface area contributed by atoms with E-state index >= 15 is 0 Å². The molecule has 2 N–H and O–H groups in total. The lowest BCUT2D eigenvalue weighted by atomic mass is 10.3. The van der Waals surface area contributed by atoms with Crippen LogP contribution in [-0.2, 0) is 0 Å². The maximum absolute atomic E-state index is 8.26. The predicted octanol–water partition coefficient (Wildman–Crippen LogP) is 1.29. The van der Waals surface area contributed by atoms with E-state index in [1.165, 1.54) is 0 Å². The van der Waals surface area contributed by atoms with Gasteiger partial charge in [0.05, 0.1) is 5.69 Å². The standard InChI is InChI=1S/C6H6NO/c8-7-6-4-2-1-3-5-6/h1-4,7-8H. The third kappa shape index (κ3) is 0.978. The van der Waals surface area contributed by atoms with Crippen molar-refractivity contribution in [1.29, 1.82) is 0 Å². The summed E-state index contributed by atoms with van der Waals surface area (Å²) in [5.41, 5.74) is 2.56. The van der Waals surface area contributed by atoms with Crippen molar-refractivity contribution in [2.45, 2.75) is 0 Å². The Balaban J connectivity index is 2.83. The molecule has 8 heavy (non-hydrogen) atoms. The molecule has 0 atom stereocenters. The molecule has 0 spiro atoms. The highest BCUT2D eigenvalue weighted by atomic mass is 16.5. The van der Waals surface area contributed by atoms with Gasteiger partial charge in [-0.3, -0.25) is 10.7 Å². The minimum atomic E-state index is 0.590. The third-order valence-corrected chi connectivity index (χ3v) is 0.830. The summed E-state index contributed by atoms with van der Waals surface area (Å²) >= 11 is 0. The summed E-state index contributed by atoms with van der Waals surface area (Å²) < 4.78 is 0. The summed E-state index contributed by atoms with van der Waals surface area (Å²) in [6.07, 6.45) is 0. The van der Waals surface area contributed by atoms with E-state index in [1.807, 2.05) is 17.6 Å². The van der Waals surface area contributed by atoms with Crippen LogP contribution >= 0.6 is 0 Å². The Hall–Kier alpha value is -1.02. The highest BCUT2D eigenvalue weighted by molar-refractivity contribution is 5.38. The van der Waals surface area contributed by atoms with E-state index < -0.39 is 0 Å². The molecule has 1 rings (SSSR count). The van der Waals surface area contributed by atoms with Gasteiger partial charge in [-0.05, 0) is 6.07 Å². The third-order valence-electron chi connectivity index (χ3n) is 0.830. The molecule has 0 amide bonds. The first-order valence-corrected chi connectivity index (χ1v) is 2.30. The second kappa shape index (κ2) is 2.33. The number of hydrogen-bond donors (Lipinski definition) is 2. The molecule has 1 radical (unpaired) electrons. The summed E-state index contributed by atoms with van der Waals surface area (Å²) in [7, 11) is 0. The molecule has 0 unspecified atom stereocenters. The molecule has 2 nitrogen and oxygen atoms in total. The monoisotopic (exact) mass is 108 g/mol. The van der Waals surface area contributed by atoms with Crippen molar-refractivity contribution >= 4 is 5.69 Å². The van der Waals surface area contributed by atoms with Gasteiger partial charge in [-0.2, -0.15) is 0 Å². The van der Waals surface area contributed by atoms with E-state index in [4.69, 9.17) is 5.21 Å². The minimum Gasteiger partial charge on any atom is -0.291 e. The molecule has 0 aliphatic carbocycles. The van der Waals surface area contributed by atoms with Crippen LogP contribution in [0.2, 0.25) is 0 Å². The minimum absolute atomic E-state index is 0.590. The van der Waals surface area contributed by atoms with Gasteiger partial charge in [-0.1, -0.05) is 18.2 Å². The van der Waals surface area contributed by atoms with E-state index in [-0.39, 0.29) is 0 Å². The molecule has 0 fully saturated rings. The van der Waals surface area contributed by atoms with Gasteiger partial charge in [0.15, 0.2) is 0 Å². The number of anilines is 1. The SMILES string of the molecule is ONc1[c]cccc1. The zero-order valence-electron chi connectivity index (χ0n) is 4.26. The number of rotatable bonds is 1. The highest BCUT2D eigenvalue weighted by Gasteiger charge is 1.80. The van der Waals surface area contributed by atoms with E-state index in [2.05, 4.69) is 6.07 Å². The molecule has 0 aromatic heterocycles. The summed E-state index contributed by atoms with van der Waals surface area (Å²) in [6, 6.07) is 9.85. The smallest absolute Gasteiger partial charge is 0.0681 e. The fourth-order valence-corrected chi connectivity index (χ4v) is 0.463. The first-order valence-electron chi connectivity index (χ1n) is 2.30. The lowest BCUT2D eigenvalue weighted by molar-refractivity contribution is 0.389. The van der Waals surface area contributed by atoms with Crippen LogP contribution in [0.25, 0.3) is 0 Å². The maximum Gasteiger partial charge on any atom is 0.0681 e. The van der Waals surface area contributed by atoms with Crippen LogP contribution in [0.15, 0.2) is 24.3 Å². The Kier molecular flexibility index (Phi) is 1.49. The van der Waals surface area contributed by atoms with Crippen LogP contribution in [0, 0.1) is 6.07 Å². The van der Waals surface area contributed by atoms with E-state index in [9.17, 15) is 0 Å². The molecule has 0 saturated heterocycles. The summed E-state index contributed by atoms with van der Waals surface area (Å²) in [4.78, 5) is 0. The molecule has 0 bridgehead atoms. The van der Waals surface area contributed by atoms with Crippen LogP contribution in [0.3, 0.4) is 0 Å². The summed E-state index contributed by atoms with van der Waals surface area (Å²) in [6.45, 7) is 0. The van der Waals surface area contributed by atoms with Gasteiger partial charge in [0.1, 0.15) is 0 Å². The van der Waals surface area contributed by atoms with Crippen molar-refractivity contribution in [1.82, 2.24) is 0 Å². The van der Waals surface area contributed by atoms with Crippen molar-refractivity contribution in [3.05, 3.63) is 30.3 Å². The van der Waals surface area contributed by atoms with Gasteiger partial charge in [-0.15, -0.1) is 0 Å². The number of nitrogens with one attached hydrogen (secondary N) is 1. The molecule has 0 saturated carbocycles. The summed E-state index contributed by atoms with van der Waals surface area (Å²) in [5, 5.41) is 8.26. The number of benzene rings is 1. The molecule has 41 valence electrons. The molecule has 0 aliphatic heterocycles. The Labute approximate surface area is 47.7 Å². The van der Waals surface area contributed by atoms with Crippen LogP contribution in [0.4, 0.5) is 5.69 Å². The van der Waals surface area contributed by atoms with E-state index in [0.717, 1.165) is 0 Å². The molecule has 1 aromatic rings. The topological polar surface area (TPSA) is 32.3 Å². The maximum atomic E-state index is 8.26. The van der Waals surface area contributed by atoms with Crippen molar-refractivity contribution in [2.24, 2.45) is 0 Å². The highest BCUT2D eigenvalue weighted by Crippen LogP contribution is 2.00. The van der Waals surface area contributed by atoms with Crippen molar-refractivity contribution in [3.8, 4) is 0 Å². The lowest BCUT2D eigenvalue weighted by Crippen LogP contribution is -1.86. The normalized spacial score (nSPS) is 8.62. The number of para-hydroxylation sites is 1. The summed E-state index contributed by atoms with van der Waals surface area (Å²) in [5.74, 6) is 0. The second-order valence-corrected chi connectivity index (χ2v) is 1.39. The van der Waals surface area contributed by atoms with Gasteiger partial charge >= 0.3 is 0 Å². The Morgan fingerprint density at radius 3 is 2.75 bits per heavy atom. The largest absolute Gasteiger partial charge is 0.291 e. The first-order chi connectivity index (χ1) is 3.93. The molecular weight excluding hydrogens is 102 g/mol. The van der Waals surface area contributed by atoms with Gasteiger partial charge in [0.25, 0.3) is 0 Å². The van der Waals surface area contributed by atoms with Crippen LogP contribution < -0.4 is 5.48 Å². The average molecular weight is 108 g/mol. The molecule has 1 aromatic carbocycles. The fraction of sp³-hybridized carbons (Fsp3) is 0. The Bertz CT molecular complexity index is 150. The molecule has 2 heteroatoms. The Morgan fingerprint density at radius 2 is 2.38 bits per heavy atom. The first kappa shape index (κ1) is 5.12. The van der Waals surface area contributed by atoms with Gasteiger partial charge in [0.2, 0.25) is 0 Å². The Morgan fingerprint density at radius 1 is 1.50 bits per heavy atom. The van der Waals surface area contributed by atoms with Crippen molar-refractivity contribution in [2.75, 3.05) is 5.48 Å². The van der Waals surface area contributed by atoms with Gasteiger partial charge in [-0.25, -0.2) is 0 Å². The fourth-order valence-electron chi connectivity index (χ4n) is 0.463. The van der Waals surface area contributed by atoms with Crippen LogP contribution in [0.5, 0.6) is 0 Å². The quantitative estimate of drug-likeness (QED) is 0.531. The van der Waals surface area contributed by atoms with Crippen molar-refractivity contribution < 1.29 is 5.21 Å². The predicted molar refractivity (Wildman–Crippen MR) is 30.7 cm³/mol.